The molecule has 0 unspecified atom stereocenters. The molecule has 3 nitrogen and oxygen atoms in total. The van der Waals surface area contributed by atoms with Gasteiger partial charge in [0.15, 0.2) is 0 Å². The van der Waals surface area contributed by atoms with Gasteiger partial charge in [-0.2, -0.15) is 0 Å². The molecule has 15 heavy (non-hydrogen) atoms. The Kier molecular flexibility index (Phi) is 5.21. The van der Waals surface area contributed by atoms with Crippen molar-refractivity contribution < 1.29 is 4.79 Å². The highest BCUT2D eigenvalue weighted by molar-refractivity contribution is 7.80. The summed E-state index contributed by atoms with van der Waals surface area (Å²) in [6.07, 6.45) is 0.942. The highest BCUT2D eigenvalue weighted by atomic mass is 32.1. The third-order valence-electron chi connectivity index (χ3n) is 2.50. The Hall–Kier alpha value is -0.640. The predicted octanol–water partition coefficient (Wildman–Crippen LogP) is 1.95. The molecule has 0 fully saturated rings. The zero-order valence-electron chi connectivity index (χ0n) is 10.3. The molecule has 0 spiro atoms. The van der Waals surface area contributed by atoms with Crippen LogP contribution in [0.4, 0.5) is 0 Å². The molecule has 0 bridgehead atoms. The van der Waals surface area contributed by atoms with E-state index in [9.17, 15) is 4.79 Å². The number of thiocarbonyl (C=S) groups is 1. The molecule has 0 aromatic rings. The van der Waals surface area contributed by atoms with Crippen molar-refractivity contribution in [1.82, 2.24) is 4.90 Å². The Morgan fingerprint density at radius 2 is 1.93 bits per heavy atom. The van der Waals surface area contributed by atoms with Crippen LogP contribution >= 0.6 is 12.2 Å². The maximum absolute atomic E-state index is 12.2. The Labute approximate surface area is 98.0 Å². The van der Waals surface area contributed by atoms with Crippen molar-refractivity contribution in [1.29, 1.82) is 0 Å². The van der Waals surface area contributed by atoms with Crippen LogP contribution in [0.2, 0.25) is 0 Å². The van der Waals surface area contributed by atoms with E-state index in [1.165, 1.54) is 0 Å². The predicted molar refractivity (Wildman–Crippen MR) is 67.7 cm³/mol. The lowest BCUT2D eigenvalue weighted by Crippen LogP contribution is -2.49. The Balaban J connectivity index is 4.85. The van der Waals surface area contributed by atoms with Gasteiger partial charge in [0.2, 0.25) is 5.91 Å². The molecule has 0 aliphatic heterocycles. The van der Waals surface area contributed by atoms with Gasteiger partial charge in [-0.25, -0.2) is 0 Å². The molecule has 1 amide bonds. The summed E-state index contributed by atoms with van der Waals surface area (Å²) in [6, 6.07) is 0.186. The van der Waals surface area contributed by atoms with Crippen LogP contribution in [0, 0.1) is 5.41 Å². The quantitative estimate of drug-likeness (QED) is 0.734. The van der Waals surface area contributed by atoms with E-state index in [1.807, 2.05) is 18.7 Å². The second kappa shape index (κ2) is 5.45. The minimum atomic E-state index is -0.741. The van der Waals surface area contributed by atoms with Crippen LogP contribution in [0.1, 0.15) is 41.0 Å². The molecule has 0 aromatic carbocycles. The topological polar surface area (TPSA) is 46.3 Å². The molecule has 2 N–H and O–H groups in total. The van der Waals surface area contributed by atoms with Gasteiger partial charge in [-0.15, -0.1) is 0 Å². The van der Waals surface area contributed by atoms with E-state index in [1.54, 1.807) is 13.8 Å². The fourth-order valence-corrected chi connectivity index (χ4v) is 1.39. The summed E-state index contributed by atoms with van der Waals surface area (Å²) in [5.74, 6) is 0.0202. The Bertz CT molecular complexity index is 249. The highest BCUT2D eigenvalue weighted by Gasteiger charge is 2.35. The summed E-state index contributed by atoms with van der Waals surface area (Å²) in [4.78, 5) is 14.3. The molecule has 0 saturated heterocycles. The average molecular weight is 230 g/mol. The minimum Gasteiger partial charge on any atom is -0.392 e. The lowest BCUT2D eigenvalue weighted by Gasteiger charge is -2.33. The van der Waals surface area contributed by atoms with Gasteiger partial charge in [-0.3, -0.25) is 4.79 Å². The fourth-order valence-electron chi connectivity index (χ4n) is 1.30. The number of amides is 1. The van der Waals surface area contributed by atoms with Crippen LogP contribution in [0.15, 0.2) is 0 Å². The molecular formula is C11H22N2OS. The van der Waals surface area contributed by atoms with Crippen LogP contribution in [-0.4, -0.2) is 28.4 Å². The summed E-state index contributed by atoms with van der Waals surface area (Å²) >= 11 is 4.93. The number of nitrogens with zero attached hydrogens (tertiary/aromatic N) is 1. The van der Waals surface area contributed by atoms with E-state index in [2.05, 4.69) is 6.92 Å². The molecule has 0 aromatic heterocycles. The summed E-state index contributed by atoms with van der Waals surface area (Å²) in [5.41, 5.74) is 4.85. The second-order valence-corrected chi connectivity index (χ2v) is 5.02. The standard InChI is InChI=1S/C11H22N2OS/c1-6-7-13(8(2)3)10(14)11(4,5)9(12)15/h8H,6-7H2,1-5H3,(H2,12,15). The zero-order valence-corrected chi connectivity index (χ0v) is 11.1. The van der Waals surface area contributed by atoms with Gasteiger partial charge in [0.25, 0.3) is 0 Å². The molecule has 0 atom stereocenters. The van der Waals surface area contributed by atoms with Gasteiger partial charge < -0.3 is 10.6 Å². The van der Waals surface area contributed by atoms with Gasteiger partial charge in [-0.1, -0.05) is 19.1 Å². The maximum Gasteiger partial charge on any atom is 0.235 e. The minimum absolute atomic E-state index is 0.0202. The summed E-state index contributed by atoms with van der Waals surface area (Å²) in [6.45, 7) is 10.4. The number of nitrogens with two attached hydrogens (primary N) is 1. The van der Waals surface area contributed by atoms with Crippen molar-refractivity contribution in [3.05, 3.63) is 0 Å². The van der Waals surface area contributed by atoms with E-state index in [4.69, 9.17) is 18.0 Å². The molecular weight excluding hydrogens is 208 g/mol. The van der Waals surface area contributed by atoms with Crippen LogP contribution in [0.3, 0.4) is 0 Å². The van der Waals surface area contributed by atoms with Gasteiger partial charge in [0.1, 0.15) is 0 Å². The van der Waals surface area contributed by atoms with Crippen LogP contribution in [0.25, 0.3) is 0 Å². The van der Waals surface area contributed by atoms with Crippen molar-refractivity contribution in [3.63, 3.8) is 0 Å². The normalized spacial score (nSPS) is 11.6. The SMILES string of the molecule is CCCN(C(=O)C(C)(C)C(N)=S)C(C)C. The highest BCUT2D eigenvalue weighted by Crippen LogP contribution is 2.21. The lowest BCUT2D eigenvalue weighted by atomic mass is 9.91. The summed E-state index contributed by atoms with van der Waals surface area (Å²) in [5, 5.41) is 0. The van der Waals surface area contributed by atoms with Crippen molar-refractivity contribution in [3.8, 4) is 0 Å². The molecule has 4 heteroatoms. The number of hydrogen-bond acceptors (Lipinski definition) is 2. The van der Waals surface area contributed by atoms with Crippen LogP contribution in [-0.2, 0) is 4.79 Å². The smallest absolute Gasteiger partial charge is 0.235 e. The summed E-state index contributed by atoms with van der Waals surface area (Å²) in [7, 11) is 0. The van der Waals surface area contributed by atoms with Crippen LogP contribution in [0.5, 0.6) is 0 Å². The first-order chi connectivity index (χ1) is 6.75. The van der Waals surface area contributed by atoms with Gasteiger partial charge in [-0.05, 0) is 34.1 Å². The van der Waals surface area contributed by atoms with E-state index in [-0.39, 0.29) is 16.9 Å². The molecule has 0 aliphatic carbocycles. The molecule has 0 radical (unpaired) electrons. The second-order valence-electron chi connectivity index (χ2n) is 4.58. The monoisotopic (exact) mass is 230 g/mol. The third kappa shape index (κ3) is 3.45. The fraction of sp³-hybridized carbons (Fsp3) is 0.818. The largest absolute Gasteiger partial charge is 0.392 e. The first-order valence-corrected chi connectivity index (χ1v) is 5.77. The van der Waals surface area contributed by atoms with Crippen molar-refractivity contribution >= 4 is 23.1 Å². The molecule has 0 aliphatic rings. The van der Waals surface area contributed by atoms with Gasteiger partial charge in [0, 0.05) is 12.6 Å². The molecule has 0 heterocycles. The molecule has 0 rings (SSSR count). The number of carbonyl (C=O) groups excluding carboxylic acids is 1. The maximum atomic E-state index is 12.2. The molecule has 88 valence electrons. The van der Waals surface area contributed by atoms with E-state index in [0.29, 0.717) is 0 Å². The first-order valence-electron chi connectivity index (χ1n) is 5.36. The van der Waals surface area contributed by atoms with E-state index >= 15 is 0 Å². The van der Waals surface area contributed by atoms with E-state index < -0.39 is 5.41 Å². The number of rotatable bonds is 5. The van der Waals surface area contributed by atoms with Gasteiger partial charge in [0.05, 0.1) is 10.4 Å². The van der Waals surface area contributed by atoms with Crippen molar-refractivity contribution in [2.45, 2.75) is 47.1 Å². The lowest BCUT2D eigenvalue weighted by molar-refractivity contribution is -0.138. The molecule has 0 saturated carbocycles. The van der Waals surface area contributed by atoms with E-state index in [0.717, 1.165) is 13.0 Å². The first kappa shape index (κ1) is 14.4. The zero-order chi connectivity index (χ0) is 12.2. The average Bonchev–Trinajstić information content (AvgIpc) is 2.12. The number of carbonyl (C=O) groups is 1. The number of hydrogen-bond donors (Lipinski definition) is 1. The Morgan fingerprint density at radius 3 is 2.20 bits per heavy atom. The van der Waals surface area contributed by atoms with Gasteiger partial charge >= 0.3 is 0 Å². The summed E-state index contributed by atoms with van der Waals surface area (Å²) < 4.78 is 0. The van der Waals surface area contributed by atoms with Crippen LogP contribution < -0.4 is 5.73 Å². The Morgan fingerprint density at radius 1 is 1.47 bits per heavy atom. The van der Waals surface area contributed by atoms with Crippen molar-refractivity contribution in [2.24, 2.45) is 11.1 Å². The van der Waals surface area contributed by atoms with Crippen molar-refractivity contribution in [2.75, 3.05) is 6.54 Å². The third-order valence-corrected chi connectivity index (χ3v) is 3.01.